The molecule has 1 aliphatic rings. The lowest BCUT2D eigenvalue weighted by molar-refractivity contribution is -0.125. The van der Waals surface area contributed by atoms with Crippen molar-refractivity contribution in [2.75, 3.05) is 0 Å². The molecule has 1 fully saturated rings. The van der Waals surface area contributed by atoms with Crippen molar-refractivity contribution in [3.63, 3.8) is 0 Å². The van der Waals surface area contributed by atoms with Crippen LogP contribution in [0.1, 0.15) is 40.5 Å². The zero-order chi connectivity index (χ0) is 12.6. The number of nitrogens with zero attached hydrogens (tertiary/aromatic N) is 1. The molecule has 1 amide bonds. The molecule has 0 aromatic heterocycles. The van der Waals surface area contributed by atoms with Gasteiger partial charge in [0.2, 0.25) is 5.91 Å². The minimum absolute atomic E-state index is 0.0764. The van der Waals surface area contributed by atoms with Gasteiger partial charge in [0.1, 0.15) is 5.41 Å². The molecular weight excluding hydrogens is 200 g/mol. The van der Waals surface area contributed by atoms with Gasteiger partial charge >= 0.3 is 0 Å². The van der Waals surface area contributed by atoms with Crippen molar-refractivity contribution in [3.05, 3.63) is 12.2 Å². The molecule has 0 radical (unpaired) electrons. The fraction of sp³-hybridized carbons (Fsp3) is 0.692. The van der Waals surface area contributed by atoms with Crippen molar-refractivity contribution < 1.29 is 4.79 Å². The molecule has 0 saturated heterocycles. The average molecular weight is 220 g/mol. The molecular formula is C13H20N2O. The molecule has 1 aliphatic carbocycles. The first kappa shape index (κ1) is 12.8. The molecule has 0 heterocycles. The number of nitrogens with one attached hydrogen (secondary N) is 1. The van der Waals surface area contributed by atoms with E-state index in [0.717, 1.165) is 5.57 Å². The van der Waals surface area contributed by atoms with E-state index in [9.17, 15) is 4.79 Å². The molecule has 0 spiro atoms. The number of hydrogen-bond acceptors (Lipinski definition) is 2. The van der Waals surface area contributed by atoms with E-state index in [4.69, 9.17) is 5.26 Å². The Balaban J connectivity index is 2.75. The van der Waals surface area contributed by atoms with Crippen LogP contribution in [0.25, 0.3) is 0 Å². The predicted molar refractivity (Wildman–Crippen MR) is 63.5 cm³/mol. The van der Waals surface area contributed by atoms with E-state index in [2.05, 4.69) is 38.7 Å². The van der Waals surface area contributed by atoms with Gasteiger partial charge in [-0.05, 0) is 25.2 Å². The average Bonchev–Trinajstić information content (AvgIpc) is 2.91. The van der Waals surface area contributed by atoms with Gasteiger partial charge in [-0.2, -0.15) is 5.26 Å². The normalized spacial score (nSPS) is 19.4. The second-order valence-corrected chi connectivity index (χ2v) is 5.81. The maximum absolute atomic E-state index is 11.9. The molecule has 1 rings (SSSR count). The van der Waals surface area contributed by atoms with Crippen molar-refractivity contribution in [1.82, 2.24) is 5.32 Å². The lowest BCUT2D eigenvalue weighted by Gasteiger charge is -2.32. The molecule has 1 N–H and O–H groups in total. The largest absolute Gasteiger partial charge is 0.348 e. The molecule has 3 nitrogen and oxygen atoms in total. The summed E-state index contributed by atoms with van der Waals surface area (Å²) < 4.78 is 0. The summed E-state index contributed by atoms with van der Waals surface area (Å²) >= 11 is 0. The number of hydrogen-bond donors (Lipinski definition) is 1. The van der Waals surface area contributed by atoms with Crippen LogP contribution in [0.2, 0.25) is 0 Å². The minimum atomic E-state index is -0.751. The van der Waals surface area contributed by atoms with Gasteiger partial charge in [0.05, 0.1) is 12.1 Å². The Hall–Kier alpha value is -1.30. The molecule has 1 atom stereocenters. The van der Waals surface area contributed by atoms with E-state index in [0.29, 0.717) is 12.8 Å². The molecule has 0 aromatic rings. The van der Waals surface area contributed by atoms with E-state index in [1.165, 1.54) is 0 Å². The monoisotopic (exact) mass is 220 g/mol. The second-order valence-electron chi connectivity index (χ2n) is 5.81. The Morgan fingerprint density at radius 1 is 1.50 bits per heavy atom. The zero-order valence-electron chi connectivity index (χ0n) is 10.6. The Kier molecular flexibility index (Phi) is 3.14. The number of carbonyl (C=O) groups is 1. The van der Waals surface area contributed by atoms with Gasteiger partial charge in [0, 0.05) is 0 Å². The van der Waals surface area contributed by atoms with E-state index < -0.39 is 5.41 Å². The van der Waals surface area contributed by atoms with Crippen molar-refractivity contribution in [1.29, 1.82) is 5.26 Å². The predicted octanol–water partition coefficient (Wildman–Crippen LogP) is 2.40. The first-order valence-electron chi connectivity index (χ1n) is 5.60. The van der Waals surface area contributed by atoms with Gasteiger partial charge < -0.3 is 5.32 Å². The highest BCUT2D eigenvalue weighted by Crippen LogP contribution is 2.45. The Morgan fingerprint density at radius 3 is 2.25 bits per heavy atom. The smallest absolute Gasteiger partial charge is 0.240 e. The molecule has 0 bridgehead atoms. The summed E-state index contributed by atoms with van der Waals surface area (Å²) in [6, 6.07) is 2.03. The third-order valence-electron chi connectivity index (χ3n) is 3.03. The summed E-state index contributed by atoms with van der Waals surface area (Å²) in [5.41, 5.74) is 0.0981. The molecule has 16 heavy (non-hydrogen) atoms. The maximum Gasteiger partial charge on any atom is 0.240 e. The van der Waals surface area contributed by atoms with E-state index in [1.807, 2.05) is 6.92 Å². The van der Waals surface area contributed by atoms with Gasteiger partial charge in [-0.15, -0.1) is 0 Å². The maximum atomic E-state index is 11.9. The lowest BCUT2D eigenvalue weighted by atomic mass is 9.82. The molecule has 0 aliphatic heterocycles. The van der Waals surface area contributed by atoms with E-state index >= 15 is 0 Å². The van der Waals surface area contributed by atoms with Crippen molar-refractivity contribution >= 4 is 5.91 Å². The fourth-order valence-electron chi connectivity index (χ4n) is 1.86. The number of rotatable bonds is 3. The topological polar surface area (TPSA) is 52.9 Å². The summed E-state index contributed by atoms with van der Waals surface area (Å²) in [6.07, 6.45) is 1.37. The van der Waals surface area contributed by atoms with Crippen LogP contribution in [0, 0.1) is 22.2 Å². The van der Waals surface area contributed by atoms with Gasteiger partial charge in [-0.25, -0.2) is 0 Å². The van der Waals surface area contributed by atoms with Crippen molar-refractivity contribution in [3.8, 4) is 6.07 Å². The van der Waals surface area contributed by atoms with Crippen LogP contribution in [-0.2, 0) is 4.79 Å². The van der Waals surface area contributed by atoms with Crippen LogP contribution in [-0.4, -0.2) is 11.9 Å². The first-order valence-corrected chi connectivity index (χ1v) is 5.60. The van der Waals surface area contributed by atoms with Gasteiger partial charge in [0.15, 0.2) is 0 Å². The van der Waals surface area contributed by atoms with E-state index in [-0.39, 0.29) is 17.4 Å². The Bertz CT molecular complexity index is 353. The summed E-state index contributed by atoms with van der Waals surface area (Å²) in [4.78, 5) is 11.9. The summed E-state index contributed by atoms with van der Waals surface area (Å²) in [6.45, 7) is 12.0. The van der Waals surface area contributed by atoms with Crippen molar-refractivity contribution in [2.24, 2.45) is 10.8 Å². The third kappa shape index (κ3) is 2.44. The van der Waals surface area contributed by atoms with Crippen LogP contribution in [0.15, 0.2) is 12.2 Å². The fourth-order valence-corrected chi connectivity index (χ4v) is 1.86. The standard InChI is InChI=1S/C13H20N2O/c1-9(2)10(12(3,4)5)15-11(16)13(8-14)6-7-13/h10H,1,6-7H2,2-5H3,(H,15,16). The highest BCUT2D eigenvalue weighted by molar-refractivity contribution is 5.88. The number of nitriles is 1. The van der Waals surface area contributed by atoms with Gasteiger partial charge in [0.25, 0.3) is 0 Å². The van der Waals surface area contributed by atoms with Crippen LogP contribution in [0.5, 0.6) is 0 Å². The SMILES string of the molecule is C=C(C)C(NC(=O)C1(C#N)CC1)C(C)(C)C. The highest BCUT2D eigenvalue weighted by atomic mass is 16.2. The summed E-state index contributed by atoms with van der Waals surface area (Å²) in [7, 11) is 0. The van der Waals surface area contributed by atoms with Gasteiger partial charge in [-0.3, -0.25) is 4.79 Å². The number of amides is 1. The van der Waals surface area contributed by atoms with E-state index in [1.54, 1.807) is 0 Å². The molecule has 0 aromatic carbocycles. The summed E-state index contributed by atoms with van der Waals surface area (Å²) in [5, 5.41) is 11.9. The quantitative estimate of drug-likeness (QED) is 0.742. The molecule has 88 valence electrons. The molecule has 3 heteroatoms. The lowest BCUT2D eigenvalue weighted by Crippen LogP contribution is -2.47. The molecule has 1 unspecified atom stereocenters. The minimum Gasteiger partial charge on any atom is -0.348 e. The number of carbonyl (C=O) groups excluding carboxylic acids is 1. The van der Waals surface area contributed by atoms with Crippen LogP contribution in [0.3, 0.4) is 0 Å². The van der Waals surface area contributed by atoms with Crippen LogP contribution in [0.4, 0.5) is 0 Å². The summed E-state index contributed by atoms with van der Waals surface area (Å²) in [5.74, 6) is -0.141. The zero-order valence-corrected chi connectivity index (χ0v) is 10.6. The first-order chi connectivity index (χ1) is 7.23. The second kappa shape index (κ2) is 3.93. The van der Waals surface area contributed by atoms with Gasteiger partial charge in [-0.1, -0.05) is 32.9 Å². The third-order valence-corrected chi connectivity index (χ3v) is 3.03. The van der Waals surface area contributed by atoms with Crippen LogP contribution >= 0.6 is 0 Å². The van der Waals surface area contributed by atoms with Crippen LogP contribution < -0.4 is 5.32 Å². The highest BCUT2D eigenvalue weighted by Gasteiger charge is 2.51. The Morgan fingerprint density at radius 2 is 2.00 bits per heavy atom. The Labute approximate surface area is 97.5 Å². The molecule has 1 saturated carbocycles. The van der Waals surface area contributed by atoms with Crippen molar-refractivity contribution in [2.45, 2.75) is 46.6 Å².